The highest BCUT2D eigenvalue weighted by atomic mass is 35.5. The van der Waals surface area contributed by atoms with E-state index in [1.54, 1.807) is 30.3 Å². The van der Waals surface area contributed by atoms with Crippen molar-refractivity contribution in [3.8, 4) is 0 Å². The molecule has 1 fully saturated rings. The van der Waals surface area contributed by atoms with Gasteiger partial charge in [0.05, 0.1) is 10.9 Å². The molecule has 3 N–H and O–H groups in total. The van der Waals surface area contributed by atoms with Gasteiger partial charge in [0, 0.05) is 38.0 Å². The summed E-state index contributed by atoms with van der Waals surface area (Å²) in [6.45, 7) is 8.42. The summed E-state index contributed by atoms with van der Waals surface area (Å²) in [4.78, 5) is 29.2. The highest BCUT2D eigenvalue weighted by molar-refractivity contribution is 7.89. The second kappa shape index (κ2) is 15.9. The van der Waals surface area contributed by atoms with E-state index in [-0.39, 0.29) is 35.2 Å². The van der Waals surface area contributed by atoms with Gasteiger partial charge in [-0.2, -0.15) is 0 Å². The van der Waals surface area contributed by atoms with Gasteiger partial charge in [-0.25, -0.2) is 13.1 Å². The summed E-state index contributed by atoms with van der Waals surface area (Å²) >= 11 is 0. The first kappa shape index (κ1) is 36.1. The Hall–Kier alpha value is -3.76. The van der Waals surface area contributed by atoms with E-state index in [0.717, 1.165) is 41.3 Å². The lowest BCUT2D eigenvalue weighted by Crippen LogP contribution is -2.49. The third kappa shape index (κ3) is 10.1. The van der Waals surface area contributed by atoms with E-state index in [4.69, 9.17) is 0 Å². The molecule has 2 unspecified atom stereocenters. The Labute approximate surface area is 284 Å². The van der Waals surface area contributed by atoms with Crippen LogP contribution in [-0.2, 0) is 32.6 Å². The molecule has 1 saturated heterocycles. The van der Waals surface area contributed by atoms with Crippen molar-refractivity contribution in [2.24, 2.45) is 0 Å². The Bertz CT molecular complexity index is 1750. The number of amides is 2. The summed E-state index contributed by atoms with van der Waals surface area (Å²) in [5.74, 6) is -0.518. The van der Waals surface area contributed by atoms with Crippen LogP contribution in [0.1, 0.15) is 62.8 Å². The van der Waals surface area contributed by atoms with Crippen molar-refractivity contribution >= 4 is 45.0 Å². The average molecular weight is 677 g/mol. The number of sulfonamides is 1. The Morgan fingerprint density at radius 1 is 0.809 bits per heavy atom. The minimum Gasteiger partial charge on any atom is -0.344 e. The van der Waals surface area contributed by atoms with Crippen LogP contribution in [0.25, 0.3) is 10.8 Å². The second-order valence-corrected chi connectivity index (χ2v) is 14.8. The summed E-state index contributed by atoms with van der Waals surface area (Å²) in [5.41, 5.74) is 2.73. The number of nitrogens with one attached hydrogen (secondary N) is 3. The minimum atomic E-state index is -3.98. The molecular weight excluding hydrogens is 632 g/mol. The molecule has 0 bridgehead atoms. The van der Waals surface area contributed by atoms with Crippen LogP contribution in [0.15, 0.2) is 102 Å². The molecule has 0 radical (unpaired) electrons. The van der Waals surface area contributed by atoms with E-state index >= 15 is 0 Å². The number of fused-ring (bicyclic) bond motifs is 1. The lowest BCUT2D eigenvalue weighted by Gasteiger charge is -2.26. The van der Waals surface area contributed by atoms with E-state index in [9.17, 15) is 18.0 Å². The average Bonchev–Trinajstić information content (AvgIpc) is 3.58. The van der Waals surface area contributed by atoms with Gasteiger partial charge in [-0.1, -0.05) is 84.9 Å². The lowest BCUT2D eigenvalue weighted by atomic mass is 10.0. The van der Waals surface area contributed by atoms with Crippen molar-refractivity contribution in [1.29, 1.82) is 0 Å². The summed E-state index contributed by atoms with van der Waals surface area (Å²) in [5, 5.41) is 8.20. The van der Waals surface area contributed by atoms with Crippen LogP contribution in [0.4, 0.5) is 0 Å². The molecule has 47 heavy (non-hydrogen) atoms. The molecule has 250 valence electrons. The molecule has 2 atom stereocenters. The highest BCUT2D eigenvalue weighted by Crippen LogP contribution is 2.24. The molecule has 1 heterocycles. The monoisotopic (exact) mass is 676 g/mol. The fourth-order valence-electron chi connectivity index (χ4n) is 5.70. The molecule has 0 aromatic heterocycles. The van der Waals surface area contributed by atoms with Crippen LogP contribution < -0.4 is 15.4 Å². The number of nitrogens with zero attached hydrogens (tertiary/aromatic N) is 1. The van der Waals surface area contributed by atoms with Crippen LogP contribution in [0.3, 0.4) is 0 Å². The van der Waals surface area contributed by atoms with Gasteiger partial charge in [-0.15, -0.1) is 12.4 Å². The summed E-state index contributed by atoms with van der Waals surface area (Å²) < 4.78 is 30.0. The minimum absolute atomic E-state index is 0. The zero-order valence-electron chi connectivity index (χ0n) is 27.2. The van der Waals surface area contributed by atoms with Crippen LogP contribution >= 0.6 is 12.4 Å². The summed E-state index contributed by atoms with van der Waals surface area (Å²) in [7, 11) is -3.98. The SMILES string of the molecule is CC(C)(C)NCc1ccc(CC(NC(=O)CC(NS(=O)(=O)c2ccc3ccccc3c2)c2ccccc2)C(=O)N2CCCC2)cc1.Cl. The lowest BCUT2D eigenvalue weighted by molar-refractivity contribution is -0.135. The zero-order valence-corrected chi connectivity index (χ0v) is 28.9. The quantitative estimate of drug-likeness (QED) is 0.173. The Morgan fingerprint density at radius 2 is 1.43 bits per heavy atom. The smallest absolute Gasteiger partial charge is 0.245 e. The standard InChI is InChI=1S/C37H44N4O4S.ClH/c1-37(2,3)38-26-28-17-15-27(16-18-28)23-34(36(43)41-21-9-10-22-41)39-35(42)25-33(30-12-5-4-6-13-30)40-46(44,45)32-20-19-29-11-7-8-14-31(29)24-32;/h4-8,11-20,24,33-34,38,40H,9-10,21-23,25-26H2,1-3H3,(H,39,42);1H. The first-order chi connectivity index (χ1) is 22.0. The maximum Gasteiger partial charge on any atom is 0.245 e. The van der Waals surface area contributed by atoms with E-state index in [1.807, 2.05) is 71.6 Å². The van der Waals surface area contributed by atoms with Gasteiger partial charge in [-0.05, 0) is 73.2 Å². The number of likely N-dealkylation sites (tertiary alicyclic amines) is 1. The number of hydrogen-bond donors (Lipinski definition) is 3. The fraction of sp³-hybridized carbons (Fsp3) is 0.351. The number of benzene rings is 4. The van der Waals surface area contributed by atoms with Crippen molar-refractivity contribution < 1.29 is 18.0 Å². The third-order valence-electron chi connectivity index (χ3n) is 8.26. The van der Waals surface area contributed by atoms with Crippen molar-refractivity contribution in [3.05, 3.63) is 114 Å². The van der Waals surface area contributed by atoms with Crippen LogP contribution in [0.5, 0.6) is 0 Å². The first-order valence-electron chi connectivity index (χ1n) is 15.9. The predicted molar refractivity (Wildman–Crippen MR) is 190 cm³/mol. The maximum absolute atomic E-state index is 13.7. The molecule has 5 rings (SSSR count). The molecule has 10 heteroatoms. The molecule has 2 amide bonds. The van der Waals surface area contributed by atoms with Crippen molar-refractivity contribution in [3.63, 3.8) is 0 Å². The molecule has 4 aromatic carbocycles. The van der Waals surface area contributed by atoms with Gasteiger partial charge < -0.3 is 15.5 Å². The molecule has 0 aliphatic carbocycles. The molecule has 0 saturated carbocycles. The third-order valence-corrected chi connectivity index (χ3v) is 9.73. The molecule has 1 aliphatic rings. The number of halogens is 1. The molecule has 8 nitrogen and oxygen atoms in total. The maximum atomic E-state index is 13.7. The van der Waals surface area contributed by atoms with Crippen molar-refractivity contribution in [2.75, 3.05) is 13.1 Å². The Kier molecular flexibility index (Phi) is 12.2. The summed E-state index contributed by atoms with van der Waals surface area (Å²) in [6, 6.07) is 28.1. The van der Waals surface area contributed by atoms with Gasteiger partial charge >= 0.3 is 0 Å². The van der Waals surface area contributed by atoms with Crippen molar-refractivity contribution in [2.45, 2.75) is 75.5 Å². The van der Waals surface area contributed by atoms with Gasteiger partial charge in [0.1, 0.15) is 6.04 Å². The topological polar surface area (TPSA) is 108 Å². The fourth-order valence-corrected chi connectivity index (χ4v) is 6.95. The molecule has 1 aliphatic heterocycles. The van der Waals surface area contributed by atoms with Crippen molar-refractivity contribution in [1.82, 2.24) is 20.3 Å². The predicted octanol–water partition coefficient (Wildman–Crippen LogP) is 5.91. The number of carbonyl (C=O) groups is 2. The van der Waals surface area contributed by atoms with Crippen LogP contribution in [-0.4, -0.2) is 49.8 Å². The van der Waals surface area contributed by atoms with Gasteiger partial charge in [0.25, 0.3) is 0 Å². The van der Waals surface area contributed by atoms with E-state index < -0.39 is 28.0 Å². The number of carbonyl (C=O) groups excluding carboxylic acids is 2. The zero-order chi connectivity index (χ0) is 32.7. The largest absolute Gasteiger partial charge is 0.344 e. The Balaban J connectivity index is 0.00000500. The molecule has 0 spiro atoms. The van der Waals surface area contributed by atoms with Crippen LogP contribution in [0, 0.1) is 0 Å². The number of hydrogen-bond acceptors (Lipinski definition) is 5. The highest BCUT2D eigenvalue weighted by Gasteiger charge is 2.30. The van der Waals surface area contributed by atoms with Gasteiger partial charge in [-0.3, -0.25) is 9.59 Å². The number of rotatable bonds is 12. The Morgan fingerprint density at radius 3 is 2.09 bits per heavy atom. The van der Waals surface area contributed by atoms with Gasteiger partial charge in [0.15, 0.2) is 0 Å². The normalized spacial score (nSPS) is 14.7. The van der Waals surface area contributed by atoms with Crippen LogP contribution in [0.2, 0.25) is 0 Å². The molecule has 4 aromatic rings. The van der Waals surface area contributed by atoms with Gasteiger partial charge in [0.2, 0.25) is 21.8 Å². The van der Waals surface area contributed by atoms with E-state index in [1.165, 1.54) is 0 Å². The van der Waals surface area contributed by atoms with E-state index in [2.05, 4.69) is 36.1 Å². The first-order valence-corrected chi connectivity index (χ1v) is 17.4. The summed E-state index contributed by atoms with van der Waals surface area (Å²) in [6.07, 6.45) is 2.05. The molecular formula is C37H45ClN4O4S. The van der Waals surface area contributed by atoms with E-state index in [0.29, 0.717) is 25.1 Å². The second-order valence-electron chi connectivity index (χ2n) is 13.1.